The van der Waals surface area contributed by atoms with Crippen molar-refractivity contribution in [2.24, 2.45) is 5.92 Å². The molecule has 3 rings (SSSR count). The molecule has 0 spiro atoms. The van der Waals surface area contributed by atoms with Crippen LogP contribution in [-0.2, 0) is 6.42 Å². The van der Waals surface area contributed by atoms with E-state index in [0.717, 1.165) is 44.3 Å². The summed E-state index contributed by atoms with van der Waals surface area (Å²) >= 11 is 0. The van der Waals surface area contributed by atoms with E-state index >= 15 is 0 Å². The van der Waals surface area contributed by atoms with Crippen LogP contribution in [0.3, 0.4) is 0 Å². The van der Waals surface area contributed by atoms with Gasteiger partial charge in [-0.15, -0.1) is 0 Å². The van der Waals surface area contributed by atoms with Crippen molar-refractivity contribution in [1.29, 1.82) is 0 Å². The Morgan fingerprint density at radius 1 is 1.28 bits per heavy atom. The van der Waals surface area contributed by atoms with E-state index in [0.29, 0.717) is 5.92 Å². The van der Waals surface area contributed by atoms with Crippen LogP contribution in [0, 0.1) is 5.92 Å². The second-order valence-electron chi connectivity index (χ2n) is 5.49. The first-order valence-electron chi connectivity index (χ1n) is 6.79. The van der Waals surface area contributed by atoms with E-state index in [1.165, 1.54) is 5.56 Å². The zero-order valence-electron chi connectivity index (χ0n) is 10.5. The molecule has 1 aromatic carbocycles. The smallest absolute Gasteiger partial charge is 0.254 e. The molecular formula is C15H19NO2. The van der Waals surface area contributed by atoms with Crippen molar-refractivity contribution in [1.82, 2.24) is 4.90 Å². The molecule has 2 aliphatic rings. The molecule has 18 heavy (non-hydrogen) atoms. The predicted molar refractivity (Wildman–Crippen MR) is 69.4 cm³/mol. The third-order valence-corrected chi connectivity index (χ3v) is 4.18. The van der Waals surface area contributed by atoms with Crippen molar-refractivity contribution in [2.45, 2.75) is 31.8 Å². The van der Waals surface area contributed by atoms with E-state index in [4.69, 9.17) is 0 Å². The Kier molecular flexibility index (Phi) is 3.08. The van der Waals surface area contributed by atoms with E-state index in [1.54, 1.807) is 0 Å². The van der Waals surface area contributed by atoms with Crippen LogP contribution in [0.15, 0.2) is 24.3 Å². The van der Waals surface area contributed by atoms with Crippen LogP contribution in [0.25, 0.3) is 0 Å². The van der Waals surface area contributed by atoms with Crippen LogP contribution in [0.4, 0.5) is 0 Å². The molecule has 1 aliphatic carbocycles. The molecular weight excluding hydrogens is 226 g/mol. The van der Waals surface area contributed by atoms with E-state index in [9.17, 15) is 9.90 Å². The summed E-state index contributed by atoms with van der Waals surface area (Å²) < 4.78 is 0. The zero-order chi connectivity index (χ0) is 12.5. The second-order valence-corrected chi connectivity index (χ2v) is 5.49. The topological polar surface area (TPSA) is 40.5 Å². The van der Waals surface area contributed by atoms with E-state index in [2.05, 4.69) is 0 Å². The molecule has 96 valence electrons. The fourth-order valence-electron chi connectivity index (χ4n) is 3.17. The molecule has 2 unspecified atom stereocenters. The van der Waals surface area contributed by atoms with E-state index in [1.807, 2.05) is 29.2 Å². The number of aliphatic hydroxyl groups is 1. The first-order chi connectivity index (χ1) is 8.74. The van der Waals surface area contributed by atoms with Crippen LogP contribution >= 0.6 is 0 Å². The predicted octanol–water partition coefficient (Wildman–Crippen LogP) is 1.85. The maximum absolute atomic E-state index is 12.3. The molecule has 0 radical (unpaired) electrons. The summed E-state index contributed by atoms with van der Waals surface area (Å²) in [5.74, 6) is 0.646. The van der Waals surface area contributed by atoms with Gasteiger partial charge in [0.25, 0.3) is 5.91 Å². The summed E-state index contributed by atoms with van der Waals surface area (Å²) in [5, 5.41) is 9.55. The minimum absolute atomic E-state index is 0.151. The monoisotopic (exact) mass is 245 g/mol. The Labute approximate surface area is 107 Å². The Balaban J connectivity index is 1.71. The number of hydrogen-bond acceptors (Lipinski definition) is 2. The van der Waals surface area contributed by atoms with Gasteiger partial charge in [0.2, 0.25) is 0 Å². The first kappa shape index (κ1) is 11.7. The second kappa shape index (κ2) is 4.73. The molecule has 2 atom stereocenters. The minimum Gasteiger partial charge on any atom is -0.393 e. The van der Waals surface area contributed by atoms with Crippen LogP contribution in [-0.4, -0.2) is 35.1 Å². The molecule has 1 amide bonds. The average Bonchev–Trinajstić information content (AvgIpc) is 2.79. The highest BCUT2D eigenvalue weighted by Gasteiger charge is 2.29. The molecule has 1 N–H and O–H groups in total. The van der Waals surface area contributed by atoms with Gasteiger partial charge in [0.1, 0.15) is 0 Å². The standard InChI is InChI=1S/C15H19NO2/c17-13-6-5-11(9-13)10-16-8-7-12-3-1-2-4-14(12)15(16)18/h1-4,11,13,17H,5-10H2. The van der Waals surface area contributed by atoms with Gasteiger partial charge in [-0.2, -0.15) is 0 Å². The lowest BCUT2D eigenvalue weighted by Gasteiger charge is -2.30. The lowest BCUT2D eigenvalue weighted by Crippen LogP contribution is -2.40. The van der Waals surface area contributed by atoms with Gasteiger partial charge < -0.3 is 10.0 Å². The average molecular weight is 245 g/mol. The summed E-state index contributed by atoms with van der Waals surface area (Å²) in [5.41, 5.74) is 2.03. The van der Waals surface area contributed by atoms with Crippen molar-refractivity contribution in [3.8, 4) is 0 Å². The number of rotatable bonds is 2. The quantitative estimate of drug-likeness (QED) is 0.863. The van der Waals surface area contributed by atoms with Crippen LogP contribution < -0.4 is 0 Å². The SMILES string of the molecule is O=C1c2ccccc2CCN1CC1CCC(O)C1. The summed E-state index contributed by atoms with van der Waals surface area (Å²) in [6, 6.07) is 7.89. The van der Waals surface area contributed by atoms with Gasteiger partial charge in [0.15, 0.2) is 0 Å². The van der Waals surface area contributed by atoms with Crippen molar-refractivity contribution in [3.63, 3.8) is 0 Å². The van der Waals surface area contributed by atoms with Crippen molar-refractivity contribution in [2.75, 3.05) is 13.1 Å². The molecule has 3 nitrogen and oxygen atoms in total. The first-order valence-corrected chi connectivity index (χ1v) is 6.79. The Morgan fingerprint density at radius 3 is 2.89 bits per heavy atom. The Bertz CT molecular complexity index is 458. The molecule has 1 fully saturated rings. The number of aliphatic hydroxyl groups excluding tert-OH is 1. The van der Waals surface area contributed by atoms with Crippen LogP contribution in [0.1, 0.15) is 35.2 Å². The highest BCUT2D eigenvalue weighted by molar-refractivity contribution is 5.96. The van der Waals surface area contributed by atoms with E-state index < -0.39 is 0 Å². The lowest BCUT2D eigenvalue weighted by molar-refractivity contribution is 0.0706. The summed E-state index contributed by atoms with van der Waals surface area (Å²) in [7, 11) is 0. The molecule has 3 heteroatoms. The molecule has 1 saturated carbocycles. The van der Waals surface area contributed by atoms with Gasteiger partial charge in [-0.3, -0.25) is 4.79 Å². The zero-order valence-corrected chi connectivity index (χ0v) is 10.5. The highest BCUT2D eigenvalue weighted by atomic mass is 16.3. The maximum Gasteiger partial charge on any atom is 0.254 e. The largest absolute Gasteiger partial charge is 0.393 e. The number of benzene rings is 1. The molecule has 0 bridgehead atoms. The Hall–Kier alpha value is -1.35. The lowest BCUT2D eigenvalue weighted by atomic mass is 9.97. The van der Waals surface area contributed by atoms with Gasteiger partial charge in [0, 0.05) is 18.7 Å². The molecule has 1 heterocycles. The van der Waals surface area contributed by atoms with Gasteiger partial charge in [-0.05, 0) is 43.2 Å². The fourth-order valence-corrected chi connectivity index (χ4v) is 3.17. The maximum atomic E-state index is 12.3. The van der Waals surface area contributed by atoms with E-state index in [-0.39, 0.29) is 12.0 Å². The van der Waals surface area contributed by atoms with Crippen molar-refractivity contribution >= 4 is 5.91 Å². The summed E-state index contributed by atoms with van der Waals surface area (Å²) in [6.45, 7) is 1.63. The molecule has 1 aromatic rings. The number of amides is 1. The molecule has 0 saturated heterocycles. The normalized spacial score (nSPS) is 27.4. The molecule has 0 aromatic heterocycles. The number of hydrogen-bond donors (Lipinski definition) is 1. The number of carbonyl (C=O) groups is 1. The fraction of sp³-hybridized carbons (Fsp3) is 0.533. The Morgan fingerprint density at radius 2 is 2.11 bits per heavy atom. The van der Waals surface area contributed by atoms with Gasteiger partial charge >= 0.3 is 0 Å². The number of nitrogens with zero attached hydrogens (tertiary/aromatic N) is 1. The minimum atomic E-state index is -0.151. The van der Waals surface area contributed by atoms with Crippen LogP contribution in [0.5, 0.6) is 0 Å². The number of fused-ring (bicyclic) bond motifs is 1. The van der Waals surface area contributed by atoms with Crippen molar-refractivity contribution in [3.05, 3.63) is 35.4 Å². The third-order valence-electron chi connectivity index (χ3n) is 4.18. The van der Waals surface area contributed by atoms with Crippen molar-refractivity contribution < 1.29 is 9.90 Å². The van der Waals surface area contributed by atoms with Gasteiger partial charge in [0.05, 0.1) is 6.10 Å². The summed E-state index contributed by atoms with van der Waals surface area (Å²) in [4.78, 5) is 14.3. The highest BCUT2D eigenvalue weighted by Crippen LogP contribution is 2.28. The summed E-state index contributed by atoms with van der Waals surface area (Å²) in [6.07, 6.45) is 3.60. The third kappa shape index (κ3) is 2.15. The van der Waals surface area contributed by atoms with Crippen LogP contribution in [0.2, 0.25) is 0 Å². The van der Waals surface area contributed by atoms with Gasteiger partial charge in [-0.25, -0.2) is 0 Å². The number of carbonyl (C=O) groups excluding carboxylic acids is 1. The van der Waals surface area contributed by atoms with Gasteiger partial charge in [-0.1, -0.05) is 18.2 Å². The molecule has 1 aliphatic heterocycles.